The van der Waals surface area contributed by atoms with Crippen LogP contribution in [0.2, 0.25) is 0 Å². The van der Waals surface area contributed by atoms with Crippen molar-refractivity contribution in [3.63, 3.8) is 0 Å². The lowest BCUT2D eigenvalue weighted by Gasteiger charge is -2.15. The molecule has 2 rings (SSSR count). The Labute approximate surface area is 107 Å². The predicted molar refractivity (Wildman–Crippen MR) is 71.0 cm³/mol. The summed E-state index contributed by atoms with van der Waals surface area (Å²) in [4.78, 5) is 4.32. The number of aromatic nitrogens is 2. The first-order chi connectivity index (χ1) is 8.70. The molecule has 1 N–H and O–H groups in total. The number of hydrogen-bond donors (Lipinski definition) is 1. The lowest BCUT2D eigenvalue weighted by atomic mass is 10.1. The van der Waals surface area contributed by atoms with Crippen molar-refractivity contribution in [3.05, 3.63) is 48.0 Å². The van der Waals surface area contributed by atoms with Crippen LogP contribution < -0.4 is 5.32 Å². The van der Waals surface area contributed by atoms with Crippen LogP contribution in [0.4, 0.5) is 5.69 Å². The van der Waals surface area contributed by atoms with Gasteiger partial charge in [0.05, 0.1) is 18.5 Å². The van der Waals surface area contributed by atoms with E-state index in [1.807, 2.05) is 42.1 Å². The van der Waals surface area contributed by atoms with Crippen molar-refractivity contribution in [2.24, 2.45) is 7.05 Å². The molecule has 1 aromatic heterocycles. The fraction of sp³-hybridized carbons (Fsp3) is 0.286. The maximum absolute atomic E-state index is 8.61. The number of nitriles is 1. The molecule has 1 heterocycles. The van der Waals surface area contributed by atoms with Gasteiger partial charge in [0.2, 0.25) is 0 Å². The lowest BCUT2D eigenvalue weighted by Crippen LogP contribution is -2.11. The van der Waals surface area contributed by atoms with Gasteiger partial charge in [-0.3, -0.25) is 0 Å². The number of hydrogen-bond acceptors (Lipinski definition) is 3. The second-order valence-electron chi connectivity index (χ2n) is 4.29. The van der Waals surface area contributed by atoms with Crippen molar-refractivity contribution in [1.82, 2.24) is 9.55 Å². The number of nitrogens with one attached hydrogen (secondary N) is 1. The minimum absolute atomic E-state index is 0.145. The molecule has 92 valence electrons. The molecular weight excluding hydrogens is 224 g/mol. The molecule has 0 bridgehead atoms. The van der Waals surface area contributed by atoms with Crippen molar-refractivity contribution in [1.29, 1.82) is 5.26 Å². The Morgan fingerprint density at radius 3 is 2.67 bits per heavy atom. The summed E-state index contributed by atoms with van der Waals surface area (Å²) in [7, 11) is 1.98. The van der Waals surface area contributed by atoms with Crippen LogP contribution >= 0.6 is 0 Å². The number of benzene rings is 1. The van der Waals surface area contributed by atoms with E-state index in [-0.39, 0.29) is 6.04 Å². The highest BCUT2D eigenvalue weighted by atomic mass is 15.1. The summed E-state index contributed by atoms with van der Waals surface area (Å²) in [6.07, 6.45) is 4.18. The number of nitrogens with zero attached hydrogens (tertiary/aromatic N) is 3. The lowest BCUT2D eigenvalue weighted by molar-refractivity contribution is 0.722. The van der Waals surface area contributed by atoms with Crippen LogP contribution in [0.15, 0.2) is 36.7 Å². The third kappa shape index (κ3) is 2.69. The van der Waals surface area contributed by atoms with Gasteiger partial charge in [-0.05, 0) is 24.6 Å². The normalized spacial score (nSPS) is 11.8. The molecule has 0 spiro atoms. The van der Waals surface area contributed by atoms with Gasteiger partial charge in [0.1, 0.15) is 5.82 Å². The van der Waals surface area contributed by atoms with E-state index < -0.39 is 0 Å². The standard InChI is InChI=1S/C14H16N4/c1-11(14-16-9-10-18(14)2)17-13-5-3-12(4-6-13)7-8-15/h3-6,9-11,17H,7H2,1-2H3. The maximum atomic E-state index is 8.61. The minimum Gasteiger partial charge on any atom is -0.375 e. The van der Waals surface area contributed by atoms with E-state index in [2.05, 4.69) is 23.3 Å². The van der Waals surface area contributed by atoms with Gasteiger partial charge in [0.15, 0.2) is 0 Å². The Kier molecular flexibility index (Phi) is 3.63. The molecule has 0 saturated heterocycles. The quantitative estimate of drug-likeness (QED) is 0.893. The molecule has 4 nitrogen and oxygen atoms in total. The highest BCUT2D eigenvalue weighted by Crippen LogP contribution is 2.18. The highest BCUT2D eigenvalue weighted by molar-refractivity contribution is 5.46. The van der Waals surface area contributed by atoms with Crippen LogP contribution in [0.25, 0.3) is 0 Å². The highest BCUT2D eigenvalue weighted by Gasteiger charge is 2.09. The van der Waals surface area contributed by atoms with Crippen LogP contribution in [0.5, 0.6) is 0 Å². The van der Waals surface area contributed by atoms with Gasteiger partial charge in [-0.2, -0.15) is 5.26 Å². The molecule has 0 aliphatic carbocycles. The van der Waals surface area contributed by atoms with Crippen LogP contribution in [0, 0.1) is 11.3 Å². The van der Waals surface area contributed by atoms with E-state index in [4.69, 9.17) is 5.26 Å². The average molecular weight is 240 g/mol. The maximum Gasteiger partial charge on any atom is 0.130 e. The van der Waals surface area contributed by atoms with Crippen molar-refractivity contribution in [2.45, 2.75) is 19.4 Å². The van der Waals surface area contributed by atoms with E-state index in [0.29, 0.717) is 6.42 Å². The summed E-state index contributed by atoms with van der Waals surface area (Å²) in [6.45, 7) is 2.07. The Hall–Kier alpha value is -2.28. The van der Waals surface area contributed by atoms with E-state index in [1.54, 1.807) is 6.20 Å². The summed E-state index contributed by atoms with van der Waals surface area (Å²) in [6, 6.07) is 10.2. The number of anilines is 1. The molecule has 4 heteroatoms. The van der Waals surface area contributed by atoms with Crippen molar-refractivity contribution >= 4 is 5.69 Å². The van der Waals surface area contributed by atoms with Gasteiger partial charge in [-0.1, -0.05) is 12.1 Å². The van der Waals surface area contributed by atoms with E-state index >= 15 is 0 Å². The van der Waals surface area contributed by atoms with E-state index in [1.165, 1.54) is 0 Å². The fourth-order valence-electron chi connectivity index (χ4n) is 1.92. The monoisotopic (exact) mass is 240 g/mol. The first-order valence-corrected chi connectivity index (χ1v) is 5.90. The van der Waals surface area contributed by atoms with Crippen molar-refractivity contribution in [3.8, 4) is 6.07 Å². The molecule has 0 amide bonds. The average Bonchev–Trinajstić information content (AvgIpc) is 2.78. The SMILES string of the molecule is CC(Nc1ccc(CC#N)cc1)c1nccn1C. The first kappa shape index (κ1) is 12.2. The molecule has 0 fully saturated rings. The molecule has 1 atom stereocenters. The Morgan fingerprint density at radius 1 is 1.39 bits per heavy atom. The summed E-state index contributed by atoms with van der Waals surface area (Å²) < 4.78 is 2.00. The van der Waals surface area contributed by atoms with Gasteiger partial charge in [-0.25, -0.2) is 4.98 Å². The fourth-order valence-corrected chi connectivity index (χ4v) is 1.92. The van der Waals surface area contributed by atoms with Crippen molar-refractivity contribution in [2.75, 3.05) is 5.32 Å². The Balaban J connectivity index is 2.06. The van der Waals surface area contributed by atoms with Crippen LogP contribution in [0.1, 0.15) is 24.4 Å². The Bertz CT molecular complexity index is 548. The molecule has 2 aromatic rings. The first-order valence-electron chi connectivity index (χ1n) is 5.90. The molecule has 0 saturated carbocycles. The summed E-state index contributed by atoms with van der Waals surface area (Å²) in [5.41, 5.74) is 2.07. The number of rotatable bonds is 4. The Morgan fingerprint density at radius 2 is 2.11 bits per heavy atom. The number of imidazole rings is 1. The summed E-state index contributed by atoms with van der Waals surface area (Å²) in [5, 5.41) is 12.0. The molecule has 1 unspecified atom stereocenters. The van der Waals surface area contributed by atoms with Gasteiger partial charge >= 0.3 is 0 Å². The van der Waals surface area contributed by atoms with Crippen LogP contribution in [-0.4, -0.2) is 9.55 Å². The van der Waals surface area contributed by atoms with Crippen LogP contribution in [-0.2, 0) is 13.5 Å². The smallest absolute Gasteiger partial charge is 0.130 e. The minimum atomic E-state index is 0.145. The van der Waals surface area contributed by atoms with Gasteiger partial charge in [0, 0.05) is 25.1 Å². The van der Waals surface area contributed by atoms with Gasteiger partial charge < -0.3 is 9.88 Å². The summed E-state index contributed by atoms with van der Waals surface area (Å²) in [5.74, 6) is 0.996. The molecule has 18 heavy (non-hydrogen) atoms. The van der Waals surface area contributed by atoms with Gasteiger partial charge in [0.25, 0.3) is 0 Å². The summed E-state index contributed by atoms with van der Waals surface area (Å²) >= 11 is 0. The molecule has 0 radical (unpaired) electrons. The van der Waals surface area contributed by atoms with Crippen molar-refractivity contribution < 1.29 is 0 Å². The zero-order valence-electron chi connectivity index (χ0n) is 10.6. The third-order valence-corrected chi connectivity index (χ3v) is 2.87. The van der Waals surface area contributed by atoms with E-state index in [0.717, 1.165) is 17.1 Å². The largest absolute Gasteiger partial charge is 0.375 e. The number of aryl methyl sites for hydroxylation is 1. The van der Waals surface area contributed by atoms with E-state index in [9.17, 15) is 0 Å². The second-order valence-corrected chi connectivity index (χ2v) is 4.29. The third-order valence-electron chi connectivity index (χ3n) is 2.87. The molecule has 0 aliphatic heterocycles. The topological polar surface area (TPSA) is 53.6 Å². The molecule has 0 aliphatic rings. The van der Waals surface area contributed by atoms with Crippen LogP contribution in [0.3, 0.4) is 0 Å². The van der Waals surface area contributed by atoms with Gasteiger partial charge in [-0.15, -0.1) is 0 Å². The zero-order valence-corrected chi connectivity index (χ0v) is 10.6. The zero-order chi connectivity index (χ0) is 13.0. The predicted octanol–water partition coefficient (Wildman–Crippen LogP) is 2.66. The molecule has 1 aromatic carbocycles. The second kappa shape index (κ2) is 5.37. The molecular formula is C14H16N4.